The molecule has 0 aromatic heterocycles. The second kappa shape index (κ2) is 49.7. The van der Waals surface area contributed by atoms with E-state index in [4.69, 9.17) is 64.7 Å². The third-order valence-electron chi connectivity index (χ3n) is 18.0. The standard InChI is InChI=1S/C36H42O3S3.2C24H20P.C6H6S.4Fe.4H2S/c1-7-28-31(19-22-16-25(40)10-13-34(22)37-4)29(8-2)33(21-24-18-27(42)12-15-36(24)39-6)30(9-3)32(28)20-23-17-26(41)11-14-35(23)38-5;2*1-5-13-21(14-6-1)25(22-15-7-2-8-16-22,23-17-9-3-10-18-23)24-19-11-4-12-20-24;7-6-4-2-1-3-5-6;;;;;;;;/h10-18,40-42H,7-9,19-21H2,1-6H3;2*1-20H;1-5,7H;;;;;4*1H2/q;2*+1;;;;;;;;;/p-8. The van der Waals surface area contributed by atoms with Gasteiger partial charge < -0.3 is 119 Å². The SMILES string of the molecule is CCc1c(Cc2cc([S-])ccc2OC)c(CC)c(Cc2cc([S-])ccc2OC)c(CC)c1Cc1cc([S-])ccc1OC.[Fe].[Fe].[Fe].[Fe].[S-]c1ccccc1.[SH-].[SH-].[SH-].[SH-].c1ccc([P+](c2ccccc2)(c2ccccc2)c2ccccc2)cc1.c1ccc([P+](c2ccccc2)(c2ccccc2)c2ccccc2)cc1. The monoisotopic (exact) mass is 1760 g/mol. The van der Waals surface area contributed by atoms with Crippen molar-refractivity contribution in [2.24, 2.45) is 0 Å². The molecule has 0 unspecified atom stereocenters. The summed E-state index contributed by atoms with van der Waals surface area (Å²) >= 11 is 21.6. The number of thiol groups is 4. The van der Waals surface area contributed by atoms with E-state index in [1.807, 2.05) is 66.7 Å². The number of hydrogen-bond donors (Lipinski definition) is 0. The van der Waals surface area contributed by atoms with Crippen LogP contribution in [0.4, 0.5) is 0 Å². The summed E-state index contributed by atoms with van der Waals surface area (Å²) in [6.45, 7) is 6.77. The Labute approximate surface area is 731 Å². The van der Waals surface area contributed by atoms with Crippen molar-refractivity contribution in [3.63, 3.8) is 0 Å². The van der Waals surface area contributed by atoms with Gasteiger partial charge in [0.15, 0.2) is 0 Å². The first-order valence-electron chi connectivity index (χ1n) is 33.7. The van der Waals surface area contributed by atoms with E-state index in [1.165, 1.54) is 75.8 Å². The zero-order valence-corrected chi connectivity index (χ0v) is 73.4. The molecule has 0 aliphatic carbocycles. The van der Waals surface area contributed by atoms with Gasteiger partial charge in [0.25, 0.3) is 0 Å². The summed E-state index contributed by atoms with van der Waals surface area (Å²) in [6.07, 6.45) is 4.92. The van der Waals surface area contributed by atoms with Crippen molar-refractivity contribution in [3.8, 4) is 17.2 Å². The van der Waals surface area contributed by atoms with E-state index in [0.717, 1.165) is 92.0 Å². The van der Waals surface area contributed by atoms with Crippen molar-refractivity contribution < 1.29 is 82.5 Å². The van der Waals surface area contributed by atoms with Crippen LogP contribution >= 0.6 is 14.5 Å². The molecule has 3 nitrogen and oxygen atoms in total. The summed E-state index contributed by atoms with van der Waals surface area (Å²) in [5.74, 6) is 2.57. The Morgan fingerprint density at radius 3 is 0.533 bits per heavy atom. The van der Waals surface area contributed by atoms with E-state index in [0.29, 0.717) is 0 Å². The van der Waals surface area contributed by atoms with Gasteiger partial charge in [-0.3, -0.25) is 0 Å². The van der Waals surface area contributed by atoms with Gasteiger partial charge in [0, 0.05) is 87.5 Å². The Morgan fingerprint density at radius 1 is 0.224 bits per heavy atom. The minimum Gasteiger partial charge on any atom is -0.813 e. The molecular formula is C90H88Fe4O3P2S8-6. The molecule has 17 heteroatoms. The predicted molar refractivity (Wildman–Crippen MR) is 468 cm³/mol. The molecule has 0 heterocycles. The molecule has 0 spiro atoms. The molecule has 0 bridgehead atoms. The van der Waals surface area contributed by atoms with E-state index < -0.39 is 14.5 Å². The van der Waals surface area contributed by atoms with Gasteiger partial charge in [-0.15, -0.1) is 0 Å². The van der Waals surface area contributed by atoms with Crippen molar-refractivity contribution >= 4 is 161 Å². The van der Waals surface area contributed by atoms with E-state index >= 15 is 0 Å². The fourth-order valence-electron chi connectivity index (χ4n) is 13.7. The van der Waals surface area contributed by atoms with Crippen LogP contribution in [0.25, 0.3) is 0 Å². The fraction of sp³-hybridized carbons (Fsp3) is 0.133. The second-order valence-corrected chi connectivity index (χ2v) is 32.4. The van der Waals surface area contributed by atoms with Gasteiger partial charge in [0.05, 0.1) is 21.3 Å². The number of hydrogen-bond acceptors (Lipinski definition) is 11. The topological polar surface area (TPSA) is 27.7 Å². The first-order chi connectivity index (χ1) is 48.5. The van der Waals surface area contributed by atoms with Crippen molar-refractivity contribution in [1.82, 2.24) is 0 Å². The number of benzene rings is 13. The van der Waals surface area contributed by atoms with Crippen LogP contribution in [-0.4, -0.2) is 21.3 Å². The number of rotatable bonds is 20. The summed E-state index contributed by atoms with van der Waals surface area (Å²) < 4.78 is 17.4. The Balaban J connectivity index is 0.000000520. The maximum Gasteiger partial charge on any atom is 0.144 e. The number of methoxy groups -OCH3 is 3. The molecule has 107 heavy (non-hydrogen) atoms. The van der Waals surface area contributed by atoms with E-state index in [2.05, 4.69) is 282 Å². The molecule has 0 N–H and O–H groups in total. The van der Waals surface area contributed by atoms with Crippen LogP contribution in [0.2, 0.25) is 0 Å². The first kappa shape index (κ1) is 97.6. The van der Waals surface area contributed by atoms with Crippen molar-refractivity contribution in [1.29, 1.82) is 0 Å². The minimum absolute atomic E-state index is 0. The molecule has 0 aliphatic rings. The summed E-state index contributed by atoms with van der Waals surface area (Å²) in [6, 6.07) is 115. The Morgan fingerprint density at radius 2 is 0.393 bits per heavy atom. The molecule has 0 atom stereocenters. The normalized spacial score (nSPS) is 10.1. The third-order valence-corrected chi connectivity index (χ3v) is 27.6. The maximum absolute atomic E-state index is 5.80. The average Bonchev–Trinajstić information content (AvgIpc) is 0.747. The van der Waals surface area contributed by atoms with Crippen molar-refractivity contribution in [2.45, 2.75) is 78.9 Å². The van der Waals surface area contributed by atoms with Crippen LogP contribution in [0, 0.1) is 0 Å². The molecule has 0 amide bonds. The molecule has 13 aromatic carbocycles. The van der Waals surface area contributed by atoms with Gasteiger partial charge in [0.1, 0.15) is 74.2 Å². The minimum atomic E-state index is -1.91. The molecule has 562 valence electrons. The van der Waals surface area contributed by atoms with Gasteiger partial charge in [-0.1, -0.05) is 233 Å². The Hall–Kier alpha value is -5.52. The summed E-state index contributed by atoms with van der Waals surface area (Å²) in [5.41, 5.74) is 11.5. The molecule has 0 saturated carbocycles. The van der Waals surface area contributed by atoms with E-state index in [1.54, 1.807) is 21.3 Å². The molecule has 13 rings (SSSR count). The Kier molecular flexibility index (Phi) is 45.3. The van der Waals surface area contributed by atoms with Crippen LogP contribution in [0.15, 0.2) is 347 Å². The molecule has 0 radical (unpaired) electrons. The third kappa shape index (κ3) is 24.0. The molecule has 0 fully saturated rings. The Bertz CT molecular complexity index is 3960. The van der Waals surface area contributed by atoms with Crippen LogP contribution < -0.4 is 56.6 Å². The van der Waals surface area contributed by atoms with Gasteiger partial charge in [-0.2, -0.15) is 19.6 Å². The second-order valence-electron chi connectivity index (χ2n) is 23.7. The average molecular weight is 1760 g/mol. The zero-order valence-electron chi connectivity index (χ0n) is 60.4. The van der Waals surface area contributed by atoms with Crippen molar-refractivity contribution in [3.05, 3.63) is 378 Å². The first-order valence-corrected chi connectivity index (χ1v) is 38.9. The quantitative estimate of drug-likeness (QED) is 0.0316. The predicted octanol–water partition coefficient (Wildman–Crippen LogP) is 17.0. The van der Waals surface area contributed by atoms with Crippen LogP contribution in [0.3, 0.4) is 0 Å². The van der Waals surface area contributed by atoms with Gasteiger partial charge in [-0.25, -0.2) is 0 Å². The smallest absolute Gasteiger partial charge is 0.144 e. The summed E-state index contributed by atoms with van der Waals surface area (Å²) in [4.78, 5) is 3.34. The maximum atomic E-state index is 5.80. The van der Waals surface area contributed by atoms with E-state index in [-0.39, 0.29) is 122 Å². The summed E-state index contributed by atoms with van der Waals surface area (Å²) in [5, 5.41) is 11.1. The van der Waals surface area contributed by atoms with Crippen LogP contribution in [0.5, 0.6) is 17.2 Å². The van der Waals surface area contributed by atoms with E-state index in [9.17, 15) is 0 Å². The van der Waals surface area contributed by atoms with Crippen molar-refractivity contribution in [2.75, 3.05) is 21.3 Å². The van der Waals surface area contributed by atoms with Gasteiger partial charge in [-0.05, 0) is 185 Å². The largest absolute Gasteiger partial charge is 0.813 e. The molecule has 13 aromatic rings. The number of ether oxygens (including phenoxy) is 3. The molecule has 0 saturated heterocycles. The molecular weight excluding hydrogens is 1670 g/mol. The van der Waals surface area contributed by atoms with Gasteiger partial charge >= 0.3 is 0 Å². The fourth-order valence-corrected chi connectivity index (χ4v) is 23.0. The molecule has 0 aliphatic heterocycles. The zero-order chi connectivity index (χ0) is 69.4. The van der Waals surface area contributed by atoms with Gasteiger partial charge in [0.2, 0.25) is 0 Å². The van der Waals surface area contributed by atoms with Crippen LogP contribution in [-0.2, 0) is 211 Å². The summed E-state index contributed by atoms with van der Waals surface area (Å²) in [7, 11) is 1.36. The van der Waals surface area contributed by atoms with Crippen LogP contribution in [0.1, 0.15) is 70.8 Å².